The fourth-order valence-corrected chi connectivity index (χ4v) is 2.85. The van der Waals surface area contributed by atoms with Crippen molar-refractivity contribution >= 4 is 22.5 Å². The van der Waals surface area contributed by atoms with Crippen molar-refractivity contribution in [2.75, 3.05) is 25.0 Å². The molecule has 4 heteroatoms. The minimum Gasteiger partial charge on any atom is -0.373 e. The number of aromatic amines is 1. The topological polar surface area (TPSA) is 48.1 Å². The normalized spacial score (nSPS) is 10.7. The smallest absolute Gasteiger partial charge is 0.220 e. The maximum absolute atomic E-state index is 12.1. The molecule has 0 aliphatic rings. The number of rotatable bonds is 7. The van der Waals surface area contributed by atoms with Gasteiger partial charge in [0.1, 0.15) is 0 Å². The van der Waals surface area contributed by atoms with Gasteiger partial charge in [0.05, 0.1) is 0 Å². The Morgan fingerprint density at radius 3 is 2.67 bits per heavy atom. The summed E-state index contributed by atoms with van der Waals surface area (Å²) in [4.78, 5) is 17.4. The predicted molar refractivity (Wildman–Crippen MR) is 99.3 cm³/mol. The van der Waals surface area contributed by atoms with E-state index in [4.69, 9.17) is 0 Å². The molecule has 2 aromatic carbocycles. The molecule has 0 spiro atoms. The summed E-state index contributed by atoms with van der Waals surface area (Å²) in [6, 6.07) is 18.4. The monoisotopic (exact) mass is 321 g/mol. The van der Waals surface area contributed by atoms with Crippen LogP contribution in [0.1, 0.15) is 12.0 Å². The Morgan fingerprint density at radius 2 is 1.83 bits per heavy atom. The van der Waals surface area contributed by atoms with Crippen molar-refractivity contribution in [1.82, 2.24) is 10.3 Å². The molecule has 2 N–H and O–H groups in total. The molecule has 0 radical (unpaired) electrons. The lowest BCUT2D eigenvalue weighted by Crippen LogP contribution is -2.33. The van der Waals surface area contributed by atoms with Crippen molar-refractivity contribution in [2.45, 2.75) is 12.8 Å². The Bertz CT molecular complexity index is 795. The number of carbonyl (C=O) groups is 1. The lowest BCUT2D eigenvalue weighted by Gasteiger charge is -2.19. The van der Waals surface area contributed by atoms with E-state index in [2.05, 4.69) is 39.5 Å². The fraction of sp³-hybridized carbons (Fsp3) is 0.250. The van der Waals surface area contributed by atoms with Gasteiger partial charge in [0.2, 0.25) is 5.91 Å². The Balaban J connectivity index is 1.43. The highest BCUT2D eigenvalue weighted by atomic mass is 16.1. The third-order valence-corrected chi connectivity index (χ3v) is 4.26. The van der Waals surface area contributed by atoms with Gasteiger partial charge in [-0.3, -0.25) is 4.79 Å². The first kappa shape index (κ1) is 16.1. The number of H-pyrrole nitrogens is 1. The van der Waals surface area contributed by atoms with Crippen LogP contribution >= 0.6 is 0 Å². The lowest BCUT2D eigenvalue weighted by molar-refractivity contribution is -0.120. The number of aromatic nitrogens is 1. The van der Waals surface area contributed by atoms with Crippen LogP contribution in [0.15, 0.2) is 60.8 Å². The minimum absolute atomic E-state index is 0.0988. The molecular weight excluding hydrogens is 298 g/mol. The largest absolute Gasteiger partial charge is 0.373 e. The van der Waals surface area contributed by atoms with Crippen LogP contribution in [-0.2, 0) is 11.2 Å². The van der Waals surface area contributed by atoms with Crippen LogP contribution in [0.5, 0.6) is 0 Å². The lowest BCUT2D eigenvalue weighted by atomic mass is 10.1. The van der Waals surface area contributed by atoms with Crippen molar-refractivity contribution in [3.8, 4) is 0 Å². The summed E-state index contributed by atoms with van der Waals surface area (Å²) in [6.45, 7) is 1.45. The molecule has 0 saturated carbocycles. The van der Waals surface area contributed by atoms with Crippen molar-refractivity contribution in [2.24, 2.45) is 0 Å². The molecule has 0 aliphatic carbocycles. The highest BCUT2D eigenvalue weighted by molar-refractivity contribution is 5.84. The number of para-hydroxylation sites is 2. The molecule has 0 fully saturated rings. The zero-order chi connectivity index (χ0) is 16.8. The zero-order valence-corrected chi connectivity index (χ0v) is 14.0. The van der Waals surface area contributed by atoms with Gasteiger partial charge in [-0.2, -0.15) is 0 Å². The number of fused-ring (bicyclic) bond motifs is 1. The first-order chi connectivity index (χ1) is 11.7. The molecule has 0 aliphatic heterocycles. The fourth-order valence-electron chi connectivity index (χ4n) is 2.85. The number of hydrogen-bond donors (Lipinski definition) is 2. The van der Waals surface area contributed by atoms with Crippen molar-refractivity contribution in [1.29, 1.82) is 0 Å². The maximum atomic E-state index is 12.1. The van der Waals surface area contributed by atoms with E-state index in [1.807, 2.05) is 43.6 Å². The molecule has 4 nitrogen and oxygen atoms in total. The van der Waals surface area contributed by atoms with E-state index >= 15 is 0 Å². The van der Waals surface area contributed by atoms with Gasteiger partial charge in [-0.1, -0.05) is 36.4 Å². The molecule has 0 bridgehead atoms. The van der Waals surface area contributed by atoms with E-state index in [1.165, 1.54) is 10.9 Å². The van der Waals surface area contributed by atoms with Crippen LogP contribution in [0.2, 0.25) is 0 Å². The Morgan fingerprint density at radius 1 is 1.08 bits per heavy atom. The van der Waals surface area contributed by atoms with E-state index in [0.29, 0.717) is 13.0 Å². The molecule has 3 rings (SSSR count). The van der Waals surface area contributed by atoms with Crippen LogP contribution in [0.25, 0.3) is 10.9 Å². The SMILES string of the molecule is CN(CCNC(=O)CCc1c[nH]c2ccccc12)c1ccccc1. The first-order valence-corrected chi connectivity index (χ1v) is 8.32. The summed E-state index contributed by atoms with van der Waals surface area (Å²) in [5, 5.41) is 4.21. The molecule has 1 heterocycles. The van der Waals surface area contributed by atoms with E-state index in [-0.39, 0.29) is 5.91 Å². The van der Waals surface area contributed by atoms with Gasteiger partial charge in [-0.25, -0.2) is 0 Å². The average Bonchev–Trinajstić information content (AvgIpc) is 3.04. The highest BCUT2D eigenvalue weighted by Gasteiger charge is 2.07. The molecular formula is C20H23N3O. The van der Waals surface area contributed by atoms with Gasteiger partial charge in [0.15, 0.2) is 0 Å². The molecule has 124 valence electrons. The standard InChI is InChI=1S/C20H23N3O/c1-23(17-7-3-2-4-8-17)14-13-21-20(24)12-11-16-15-22-19-10-6-5-9-18(16)19/h2-10,15,22H,11-14H2,1H3,(H,21,24). The number of nitrogens with zero attached hydrogens (tertiary/aromatic N) is 1. The summed E-state index contributed by atoms with van der Waals surface area (Å²) in [5.41, 5.74) is 3.48. The van der Waals surface area contributed by atoms with Crippen LogP contribution in [0.4, 0.5) is 5.69 Å². The van der Waals surface area contributed by atoms with E-state index in [0.717, 1.165) is 24.2 Å². The molecule has 1 amide bonds. The van der Waals surface area contributed by atoms with E-state index < -0.39 is 0 Å². The summed E-state index contributed by atoms with van der Waals surface area (Å²) < 4.78 is 0. The second-order valence-electron chi connectivity index (χ2n) is 5.97. The second-order valence-corrected chi connectivity index (χ2v) is 5.97. The highest BCUT2D eigenvalue weighted by Crippen LogP contribution is 2.18. The van der Waals surface area contributed by atoms with Crippen LogP contribution in [0.3, 0.4) is 0 Å². The predicted octanol–water partition coefficient (Wildman–Crippen LogP) is 3.35. The van der Waals surface area contributed by atoms with Crippen LogP contribution in [-0.4, -0.2) is 31.0 Å². The average molecular weight is 321 g/mol. The van der Waals surface area contributed by atoms with Gasteiger partial charge < -0.3 is 15.2 Å². The Labute approximate surface area is 142 Å². The Kier molecular flexibility index (Phi) is 5.16. The molecule has 3 aromatic rings. The second kappa shape index (κ2) is 7.68. The first-order valence-electron chi connectivity index (χ1n) is 8.32. The number of nitrogens with one attached hydrogen (secondary N) is 2. The third kappa shape index (κ3) is 3.96. The van der Waals surface area contributed by atoms with Crippen LogP contribution in [0, 0.1) is 0 Å². The number of hydrogen-bond acceptors (Lipinski definition) is 2. The maximum Gasteiger partial charge on any atom is 0.220 e. The number of aryl methyl sites for hydroxylation is 1. The van der Waals surface area contributed by atoms with Gasteiger partial charge in [-0.15, -0.1) is 0 Å². The molecule has 24 heavy (non-hydrogen) atoms. The number of carbonyl (C=O) groups excluding carboxylic acids is 1. The zero-order valence-electron chi connectivity index (χ0n) is 14.0. The summed E-state index contributed by atoms with van der Waals surface area (Å²) in [5.74, 6) is 0.0988. The number of amides is 1. The minimum atomic E-state index is 0.0988. The van der Waals surface area contributed by atoms with Crippen LogP contribution < -0.4 is 10.2 Å². The van der Waals surface area contributed by atoms with Crippen molar-refractivity contribution in [3.05, 3.63) is 66.4 Å². The number of anilines is 1. The molecule has 0 saturated heterocycles. The molecule has 1 aromatic heterocycles. The number of likely N-dealkylation sites (N-methyl/N-ethyl adjacent to an activating group) is 1. The third-order valence-electron chi connectivity index (χ3n) is 4.26. The summed E-state index contributed by atoms with van der Waals surface area (Å²) >= 11 is 0. The van der Waals surface area contributed by atoms with Gasteiger partial charge in [0, 0.05) is 49.3 Å². The quantitative estimate of drug-likeness (QED) is 0.701. The molecule has 0 unspecified atom stereocenters. The van der Waals surface area contributed by atoms with Gasteiger partial charge in [0.25, 0.3) is 0 Å². The summed E-state index contributed by atoms with van der Waals surface area (Å²) in [7, 11) is 2.04. The molecule has 0 atom stereocenters. The Hall–Kier alpha value is -2.75. The van der Waals surface area contributed by atoms with Crippen molar-refractivity contribution < 1.29 is 4.79 Å². The van der Waals surface area contributed by atoms with Gasteiger partial charge >= 0.3 is 0 Å². The summed E-state index contributed by atoms with van der Waals surface area (Å²) in [6.07, 6.45) is 3.27. The number of benzene rings is 2. The van der Waals surface area contributed by atoms with Gasteiger partial charge in [-0.05, 0) is 30.2 Å². The van der Waals surface area contributed by atoms with E-state index in [9.17, 15) is 4.79 Å². The van der Waals surface area contributed by atoms with E-state index in [1.54, 1.807) is 0 Å². The van der Waals surface area contributed by atoms with Crippen molar-refractivity contribution in [3.63, 3.8) is 0 Å².